The average molecular weight is 270 g/mol. The van der Waals surface area contributed by atoms with Crippen molar-refractivity contribution in [2.45, 2.75) is 77.2 Å². The first-order valence-electron chi connectivity index (χ1n) is 7.77. The summed E-state index contributed by atoms with van der Waals surface area (Å²) in [4.78, 5) is 1.26. The van der Waals surface area contributed by atoms with Gasteiger partial charge in [-0.3, -0.25) is 0 Å². The summed E-state index contributed by atoms with van der Waals surface area (Å²) < 4.78 is 5.63. The van der Waals surface area contributed by atoms with Crippen LogP contribution in [0.25, 0.3) is 0 Å². The standard InChI is InChI=1S/C16H30OS/c1-3-4-5-6-7-8-9-10-14-18-15(2)16-12-11-13-17-16/h16H,2-14H2,1H3. The molecule has 1 aliphatic heterocycles. The molecule has 0 aromatic carbocycles. The van der Waals surface area contributed by atoms with Crippen molar-refractivity contribution in [3.05, 3.63) is 11.5 Å². The molecule has 0 amide bonds. The van der Waals surface area contributed by atoms with Crippen molar-refractivity contribution >= 4 is 11.8 Å². The van der Waals surface area contributed by atoms with E-state index in [1.807, 2.05) is 11.8 Å². The number of unbranched alkanes of at least 4 members (excludes halogenated alkanes) is 7. The van der Waals surface area contributed by atoms with Gasteiger partial charge in [0.1, 0.15) is 0 Å². The fourth-order valence-corrected chi connectivity index (χ4v) is 3.35. The lowest BCUT2D eigenvalue weighted by Crippen LogP contribution is -2.05. The summed E-state index contributed by atoms with van der Waals surface area (Å²) in [5, 5.41) is 0. The summed E-state index contributed by atoms with van der Waals surface area (Å²) in [7, 11) is 0. The third kappa shape index (κ3) is 7.48. The highest BCUT2D eigenvalue weighted by Gasteiger charge is 2.18. The maximum Gasteiger partial charge on any atom is 0.0878 e. The van der Waals surface area contributed by atoms with Crippen molar-refractivity contribution in [1.29, 1.82) is 0 Å². The third-order valence-corrected chi connectivity index (χ3v) is 4.70. The van der Waals surface area contributed by atoms with Gasteiger partial charge in [-0.25, -0.2) is 0 Å². The quantitative estimate of drug-likeness (QED) is 0.455. The lowest BCUT2D eigenvalue weighted by Gasteiger charge is -2.12. The van der Waals surface area contributed by atoms with Crippen LogP contribution in [0.15, 0.2) is 11.5 Å². The highest BCUT2D eigenvalue weighted by molar-refractivity contribution is 8.03. The van der Waals surface area contributed by atoms with E-state index in [-0.39, 0.29) is 0 Å². The van der Waals surface area contributed by atoms with Gasteiger partial charge in [-0.1, -0.05) is 58.4 Å². The maximum absolute atomic E-state index is 5.63. The first-order chi connectivity index (χ1) is 8.84. The molecule has 0 bridgehead atoms. The van der Waals surface area contributed by atoms with E-state index < -0.39 is 0 Å². The van der Waals surface area contributed by atoms with E-state index in [0.717, 1.165) is 6.61 Å². The van der Waals surface area contributed by atoms with E-state index in [4.69, 9.17) is 4.74 Å². The van der Waals surface area contributed by atoms with Crippen molar-refractivity contribution < 1.29 is 4.74 Å². The summed E-state index contributed by atoms with van der Waals surface area (Å²) in [6.45, 7) is 7.35. The Morgan fingerprint density at radius 3 is 2.39 bits per heavy atom. The van der Waals surface area contributed by atoms with Crippen LogP contribution in [0.1, 0.15) is 71.1 Å². The van der Waals surface area contributed by atoms with Crippen LogP contribution >= 0.6 is 11.8 Å². The predicted octanol–water partition coefficient (Wildman–Crippen LogP) is 5.55. The Hall–Kier alpha value is 0.0500. The molecule has 1 heterocycles. The Kier molecular flexibility index (Phi) is 9.78. The van der Waals surface area contributed by atoms with Gasteiger partial charge in [0, 0.05) is 11.5 Å². The zero-order valence-corrected chi connectivity index (χ0v) is 12.9. The number of hydrogen-bond donors (Lipinski definition) is 0. The van der Waals surface area contributed by atoms with E-state index >= 15 is 0 Å². The second kappa shape index (κ2) is 10.9. The molecule has 0 aromatic heterocycles. The molecule has 106 valence electrons. The van der Waals surface area contributed by atoms with Crippen LogP contribution in [0.3, 0.4) is 0 Å². The molecular formula is C16H30OS. The molecule has 2 heteroatoms. The van der Waals surface area contributed by atoms with E-state index in [9.17, 15) is 0 Å². The number of thioether (sulfide) groups is 1. The summed E-state index contributed by atoms with van der Waals surface area (Å²) >= 11 is 1.93. The largest absolute Gasteiger partial charge is 0.373 e. The first-order valence-corrected chi connectivity index (χ1v) is 8.76. The topological polar surface area (TPSA) is 9.23 Å². The first kappa shape index (κ1) is 16.1. The van der Waals surface area contributed by atoms with Crippen LogP contribution < -0.4 is 0 Å². The molecule has 1 nitrogen and oxygen atoms in total. The van der Waals surface area contributed by atoms with Gasteiger partial charge in [-0.2, -0.15) is 0 Å². The van der Waals surface area contributed by atoms with Crippen LogP contribution in [0, 0.1) is 0 Å². The molecule has 0 spiro atoms. The van der Waals surface area contributed by atoms with Crippen LogP contribution in [0.2, 0.25) is 0 Å². The van der Waals surface area contributed by atoms with Gasteiger partial charge in [0.2, 0.25) is 0 Å². The zero-order valence-electron chi connectivity index (χ0n) is 12.1. The monoisotopic (exact) mass is 270 g/mol. The molecule has 1 saturated heterocycles. The highest BCUT2D eigenvalue weighted by Crippen LogP contribution is 2.27. The highest BCUT2D eigenvalue weighted by atomic mass is 32.2. The molecule has 1 rings (SSSR count). The summed E-state index contributed by atoms with van der Waals surface area (Å²) in [6, 6.07) is 0. The van der Waals surface area contributed by atoms with Crippen molar-refractivity contribution in [3.63, 3.8) is 0 Å². The van der Waals surface area contributed by atoms with Crippen molar-refractivity contribution in [3.8, 4) is 0 Å². The average Bonchev–Trinajstić information content (AvgIpc) is 2.90. The molecule has 1 atom stereocenters. The van der Waals surface area contributed by atoms with Gasteiger partial charge in [-0.05, 0) is 25.0 Å². The van der Waals surface area contributed by atoms with Crippen molar-refractivity contribution in [2.75, 3.05) is 12.4 Å². The van der Waals surface area contributed by atoms with Crippen LogP contribution in [0.5, 0.6) is 0 Å². The zero-order chi connectivity index (χ0) is 13.1. The van der Waals surface area contributed by atoms with Crippen LogP contribution in [-0.2, 0) is 4.74 Å². The Balaban J connectivity index is 1.82. The van der Waals surface area contributed by atoms with E-state index in [0.29, 0.717) is 6.10 Å². The van der Waals surface area contributed by atoms with Crippen molar-refractivity contribution in [1.82, 2.24) is 0 Å². The fraction of sp³-hybridized carbons (Fsp3) is 0.875. The van der Waals surface area contributed by atoms with Gasteiger partial charge in [0.25, 0.3) is 0 Å². The van der Waals surface area contributed by atoms with Crippen LogP contribution in [-0.4, -0.2) is 18.5 Å². The molecular weight excluding hydrogens is 240 g/mol. The van der Waals surface area contributed by atoms with E-state index in [1.165, 1.54) is 74.9 Å². The van der Waals surface area contributed by atoms with E-state index in [1.54, 1.807) is 0 Å². The second-order valence-corrected chi connectivity index (χ2v) is 6.51. The van der Waals surface area contributed by atoms with Gasteiger partial charge < -0.3 is 4.74 Å². The molecule has 0 saturated carbocycles. The molecule has 0 aromatic rings. The normalized spacial score (nSPS) is 19.3. The van der Waals surface area contributed by atoms with E-state index in [2.05, 4.69) is 13.5 Å². The summed E-state index contributed by atoms with van der Waals surface area (Å²) in [5.74, 6) is 1.23. The Labute approximate surface area is 118 Å². The molecule has 0 radical (unpaired) electrons. The van der Waals surface area contributed by atoms with Gasteiger partial charge in [-0.15, -0.1) is 11.8 Å². The molecule has 0 N–H and O–H groups in total. The predicted molar refractivity (Wildman–Crippen MR) is 83.2 cm³/mol. The number of rotatable bonds is 11. The molecule has 1 aliphatic rings. The minimum Gasteiger partial charge on any atom is -0.373 e. The maximum atomic E-state index is 5.63. The van der Waals surface area contributed by atoms with Gasteiger partial charge in [0.15, 0.2) is 0 Å². The third-order valence-electron chi connectivity index (χ3n) is 3.57. The molecule has 1 unspecified atom stereocenters. The minimum atomic E-state index is 0.351. The number of ether oxygens (including phenoxy) is 1. The SMILES string of the molecule is C=C(SCCCCCCCCCC)C1CCCO1. The summed E-state index contributed by atoms with van der Waals surface area (Å²) in [6.07, 6.45) is 13.9. The Bertz CT molecular complexity index is 209. The van der Waals surface area contributed by atoms with Crippen LogP contribution in [0.4, 0.5) is 0 Å². The Morgan fingerprint density at radius 1 is 1.11 bits per heavy atom. The fourth-order valence-electron chi connectivity index (χ4n) is 2.36. The molecule has 0 aliphatic carbocycles. The lowest BCUT2D eigenvalue weighted by atomic mass is 10.1. The number of hydrogen-bond acceptors (Lipinski definition) is 2. The smallest absolute Gasteiger partial charge is 0.0878 e. The lowest BCUT2D eigenvalue weighted by molar-refractivity contribution is 0.143. The van der Waals surface area contributed by atoms with Gasteiger partial charge in [0.05, 0.1) is 6.10 Å². The molecule has 18 heavy (non-hydrogen) atoms. The molecule has 1 fully saturated rings. The summed E-state index contributed by atoms with van der Waals surface area (Å²) in [5.41, 5.74) is 0. The Morgan fingerprint density at radius 2 is 1.78 bits per heavy atom. The second-order valence-electron chi connectivity index (χ2n) is 5.29. The van der Waals surface area contributed by atoms with Gasteiger partial charge >= 0.3 is 0 Å². The van der Waals surface area contributed by atoms with Crippen molar-refractivity contribution in [2.24, 2.45) is 0 Å². The minimum absolute atomic E-state index is 0.351.